The van der Waals surface area contributed by atoms with Crippen molar-refractivity contribution in [2.24, 2.45) is 4.99 Å². The highest BCUT2D eigenvalue weighted by Crippen LogP contribution is 2.32. The van der Waals surface area contributed by atoms with Gasteiger partial charge in [-0.3, -0.25) is 9.79 Å². The van der Waals surface area contributed by atoms with Crippen LogP contribution in [0, 0.1) is 0 Å². The van der Waals surface area contributed by atoms with Crippen molar-refractivity contribution >= 4 is 68.1 Å². The Balaban J connectivity index is 1.46. The Morgan fingerprint density at radius 2 is 2.09 bits per heavy atom. The van der Waals surface area contributed by atoms with Gasteiger partial charge in [-0.1, -0.05) is 22.9 Å². The smallest absolute Gasteiger partial charge is 0.399 e. The van der Waals surface area contributed by atoms with Crippen molar-refractivity contribution in [2.45, 2.75) is 18.4 Å². The Hall–Kier alpha value is -2.18. The molecule has 1 aromatic carbocycles. The molecule has 2 aliphatic rings. The van der Waals surface area contributed by atoms with E-state index in [4.69, 9.17) is 25.8 Å². The van der Waals surface area contributed by atoms with Crippen LogP contribution in [0.25, 0.3) is 0 Å². The van der Waals surface area contributed by atoms with Gasteiger partial charge in [0, 0.05) is 38.7 Å². The molecule has 0 aliphatic carbocycles. The minimum Gasteiger partial charge on any atom is -0.399 e. The molecule has 34 heavy (non-hydrogen) atoms. The maximum absolute atomic E-state index is 13.2. The molecule has 3 heterocycles. The molecule has 4 rings (SSSR count). The van der Waals surface area contributed by atoms with Crippen LogP contribution in [-0.2, 0) is 14.3 Å². The largest absolute Gasteiger partial charge is 0.414 e. The summed E-state index contributed by atoms with van der Waals surface area (Å²) in [6.45, 7) is 2.19. The van der Waals surface area contributed by atoms with Crippen molar-refractivity contribution in [3.8, 4) is 5.06 Å². The highest BCUT2D eigenvalue weighted by molar-refractivity contribution is 9.11. The summed E-state index contributed by atoms with van der Waals surface area (Å²) in [5.74, 6) is 0.482. The van der Waals surface area contributed by atoms with E-state index in [2.05, 4.69) is 31.6 Å². The van der Waals surface area contributed by atoms with Gasteiger partial charge >= 0.3 is 6.09 Å². The lowest BCUT2D eigenvalue weighted by molar-refractivity contribution is -0.122. The first-order valence-corrected chi connectivity index (χ1v) is 12.6. The number of carbonyl (C=O) groups is 2. The van der Waals surface area contributed by atoms with Crippen molar-refractivity contribution < 1.29 is 23.8 Å². The quantitative estimate of drug-likeness (QED) is 0.555. The van der Waals surface area contributed by atoms with E-state index in [1.807, 2.05) is 11.0 Å². The minimum atomic E-state index is -1.25. The number of hydrogen-bond donors (Lipinski definition) is 2. The van der Waals surface area contributed by atoms with E-state index in [1.165, 1.54) is 11.3 Å². The number of carbonyl (C=O) groups excluding carboxylic acids is 2. The number of halogens is 2. The van der Waals surface area contributed by atoms with Crippen LogP contribution in [0.3, 0.4) is 0 Å². The Labute approximate surface area is 214 Å². The summed E-state index contributed by atoms with van der Waals surface area (Å²) in [5, 5.41) is 6.42. The van der Waals surface area contributed by atoms with Gasteiger partial charge in [0.25, 0.3) is 5.91 Å². The van der Waals surface area contributed by atoms with Gasteiger partial charge in [-0.05, 0) is 46.3 Å². The van der Waals surface area contributed by atoms with Gasteiger partial charge in [-0.25, -0.2) is 4.79 Å². The molecule has 0 saturated carbocycles. The van der Waals surface area contributed by atoms with Gasteiger partial charge < -0.3 is 29.7 Å². The van der Waals surface area contributed by atoms with E-state index in [0.29, 0.717) is 55.0 Å². The molecule has 1 aromatic heterocycles. The molecule has 0 spiro atoms. The monoisotopic (exact) mass is 570 g/mol. The molecule has 9 nitrogen and oxygen atoms in total. The molecule has 0 radical (unpaired) electrons. The fraction of sp³-hybridized carbons (Fsp3) is 0.409. The number of nitrogens with zero attached hydrogens (tertiary/aromatic N) is 2. The molecule has 12 heteroatoms. The first-order valence-electron chi connectivity index (χ1n) is 10.7. The number of thiophene rings is 1. The standard InChI is InChI=1S/C22H24BrClN4O5S/c1-25-18-6-9-31-11-8-28(18)16-3-2-14(12-15(16)24)26-20(29)22(7-10-32-13-22)27-21(30)33-19-5-4-17(23)34-19/h2-5,12H,6-11,13H2,1H3,(H,26,29)(H,27,30). The van der Waals surface area contributed by atoms with Crippen LogP contribution in [0.15, 0.2) is 39.1 Å². The van der Waals surface area contributed by atoms with Gasteiger partial charge in [-0.15, -0.1) is 0 Å². The van der Waals surface area contributed by atoms with E-state index in [-0.39, 0.29) is 6.61 Å². The lowest BCUT2D eigenvalue weighted by Gasteiger charge is -2.27. The second-order valence-corrected chi connectivity index (χ2v) is 10.6. The molecule has 2 N–H and O–H groups in total. The third kappa shape index (κ3) is 5.72. The van der Waals surface area contributed by atoms with E-state index in [1.54, 1.807) is 31.3 Å². The maximum Gasteiger partial charge on any atom is 0.414 e. The summed E-state index contributed by atoms with van der Waals surface area (Å²) in [6.07, 6.45) is 0.286. The van der Waals surface area contributed by atoms with Gasteiger partial charge in [0.1, 0.15) is 11.4 Å². The number of benzene rings is 1. The van der Waals surface area contributed by atoms with Crippen molar-refractivity contribution in [2.75, 3.05) is 50.2 Å². The molecular weight excluding hydrogens is 548 g/mol. The van der Waals surface area contributed by atoms with E-state index >= 15 is 0 Å². The second kappa shape index (κ2) is 11.0. The van der Waals surface area contributed by atoms with Crippen LogP contribution in [0.4, 0.5) is 16.2 Å². The first kappa shape index (κ1) is 24.9. The Morgan fingerprint density at radius 3 is 2.76 bits per heavy atom. The Kier molecular flexibility index (Phi) is 8.10. The highest BCUT2D eigenvalue weighted by Gasteiger charge is 2.44. The fourth-order valence-electron chi connectivity index (χ4n) is 3.80. The molecular formula is C22H24BrClN4O5S. The van der Waals surface area contributed by atoms with Crippen LogP contribution in [-0.4, -0.2) is 63.4 Å². The van der Waals surface area contributed by atoms with Crippen LogP contribution < -0.4 is 20.3 Å². The van der Waals surface area contributed by atoms with Gasteiger partial charge in [-0.2, -0.15) is 0 Å². The molecule has 182 valence electrons. The van der Waals surface area contributed by atoms with E-state index < -0.39 is 17.5 Å². The summed E-state index contributed by atoms with van der Waals surface area (Å²) in [4.78, 5) is 32.1. The summed E-state index contributed by atoms with van der Waals surface area (Å²) in [6, 6.07) is 8.72. The number of nitrogens with one attached hydrogen (secondary N) is 2. The molecule has 2 amide bonds. The highest BCUT2D eigenvalue weighted by atomic mass is 79.9. The number of hydrogen-bond acceptors (Lipinski definition) is 7. The van der Waals surface area contributed by atoms with Crippen LogP contribution in [0.1, 0.15) is 12.8 Å². The van der Waals surface area contributed by atoms with E-state index in [0.717, 1.165) is 15.3 Å². The topological polar surface area (TPSA) is 101 Å². The van der Waals surface area contributed by atoms with E-state index in [9.17, 15) is 9.59 Å². The third-order valence-corrected chi connectivity index (χ3v) is 7.34. The first-order chi connectivity index (χ1) is 16.4. The minimum absolute atomic E-state index is 0.0397. The summed E-state index contributed by atoms with van der Waals surface area (Å²) in [5.41, 5.74) is 0.0397. The number of aliphatic imine (C=N–C) groups is 1. The Bertz CT molecular complexity index is 1090. The number of ether oxygens (including phenoxy) is 3. The van der Waals surface area contributed by atoms with Gasteiger partial charge in [0.05, 0.1) is 34.3 Å². The average molecular weight is 572 g/mol. The average Bonchev–Trinajstić information content (AvgIpc) is 3.37. The number of amidine groups is 1. The SMILES string of the molecule is CN=C1CCOCCN1c1ccc(NC(=O)C2(NC(=O)Oc3ccc(Br)s3)CCOC2)cc1Cl. The lowest BCUT2D eigenvalue weighted by Crippen LogP contribution is -2.58. The van der Waals surface area contributed by atoms with Crippen molar-refractivity contribution in [3.05, 3.63) is 39.1 Å². The molecule has 0 bridgehead atoms. The fourth-order valence-corrected chi connectivity index (χ4v) is 5.27. The van der Waals surface area contributed by atoms with Gasteiger partial charge in [0.15, 0.2) is 5.06 Å². The number of rotatable bonds is 5. The van der Waals surface area contributed by atoms with Crippen molar-refractivity contribution in [3.63, 3.8) is 0 Å². The van der Waals surface area contributed by atoms with Crippen LogP contribution in [0.2, 0.25) is 5.02 Å². The summed E-state index contributed by atoms with van der Waals surface area (Å²) < 4.78 is 17.1. The normalized spacial score (nSPS) is 21.9. The molecule has 2 aliphatic heterocycles. The maximum atomic E-state index is 13.2. The molecule has 2 saturated heterocycles. The molecule has 1 atom stereocenters. The van der Waals surface area contributed by atoms with Gasteiger partial charge in [0.2, 0.25) is 0 Å². The summed E-state index contributed by atoms with van der Waals surface area (Å²) >= 11 is 11.2. The van der Waals surface area contributed by atoms with Crippen molar-refractivity contribution in [1.82, 2.24) is 5.32 Å². The Morgan fingerprint density at radius 1 is 1.24 bits per heavy atom. The van der Waals surface area contributed by atoms with Crippen LogP contribution >= 0.6 is 38.9 Å². The zero-order valence-electron chi connectivity index (χ0n) is 18.4. The predicted molar refractivity (Wildman–Crippen MR) is 136 cm³/mol. The predicted octanol–water partition coefficient (Wildman–Crippen LogP) is 4.31. The zero-order valence-corrected chi connectivity index (χ0v) is 21.6. The van der Waals surface area contributed by atoms with Crippen LogP contribution in [0.5, 0.6) is 5.06 Å². The lowest BCUT2D eigenvalue weighted by atomic mass is 9.97. The number of anilines is 2. The molecule has 2 aromatic rings. The molecule has 1 unspecified atom stereocenters. The summed E-state index contributed by atoms with van der Waals surface area (Å²) in [7, 11) is 1.74. The second-order valence-electron chi connectivity index (χ2n) is 7.73. The zero-order chi connectivity index (χ0) is 24.1. The third-order valence-electron chi connectivity index (χ3n) is 5.53. The van der Waals surface area contributed by atoms with Crippen molar-refractivity contribution in [1.29, 1.82) is 0 Å². The molecule has 2 fully saturated rings. The number of amides is 2.